The minimum Gasteiger partial charge on any atom is -0.444 e. The molecule has 1 saturated heterocycles. The lowest BCUT2D eigenvalue weighted by molar-refractivity contribution is 0.0214. The van der Waals surface area contributed by atoms with Gasteiger partial charge in [-0.25, -0.2) is 4.79 Å². The fraction of sp³-hybridized carbons (Fsp3) is 0.824. The summed E-state index contributed by atoms with van der Waals surface area (Å²) in [6, 6.07) is 0.672. The van der Waals surface area contributed by atoms with Crippen LogP contribution in [0.5, 0.6) is 0 Å². The van der Waals surface area contributed by atoms with E-state index in [1.165, 1.54) is 0 Å². The van der Waals surface area contributed by atoms with Gasteiger partial charge >= 0.3 is 6.09 Å². The zero-order chi connectivity index (χ0) is 15.9. The molecule has 0 spiro atoms. The van der Waals surface area contributed by atoms with E-state index in [1.807, 2.05) is 25.7 Å². The van der Waals surface area contributed by atoms with Crippen molar-refractivity contribution in [3.8, 4) is 12.3 Å². The van der Waals surface area contributed by atoms with Crippen molar-refractivity contribution in [2.24, 2.45) is 0 Å². The van der Waals surface area contributed by atoms with Gasteiger partial charge < -0.3 is 15.0 Å². The molecule has 1 N–H and O–H groups in total. The molecule has 0 aromatic rings. The predicted octanol–water partition coefficient (Wildman–Crippen LogP) is 3.17. The Hall–Kier alpha value is -1.21. The summed E-state index contributed by atoms with van der Waals surface area (Å²) in [6.45, 7) is 9.64. The van der Waals surface area contributed by atoms with Gasteiger partial charge in [-0.1, -0.05) is 0 Å². The van der Waals surface area contributed by atoms with Crippen molar-refractivity contribution in [2.75, 3.05) is 13.1 Å². The first kappa shape index (κ1) is 17.8. The summed E-state index contributed by atoms with van der Waals surface area (Å²) in [6.07, 6.45) is 9.98. The van der Waals surface area contributed by atoms with E-state index in [2.05, 4.69) is 18.2 Å². The van der Waals surface area contributed by atoms with Crippen LogP contribution in [0.4, 0.5) is 4.79 Å². The van der Waals surface area contributed by atoms with Crippen LogP contribution in [0.3, 0.4) is 0 Å². The molecule has 1 heterocycles. The number of terminal acetylenes is 1. The number of likely N-dealkylation sites (tertiary alicyclic amines) is 1. The van der Waals surface area contributed by atoms with Crippen LogP contribution in [0, 0.1) is 12.3 Å². The maximum Gasteiger partial charge on any atom is 0.410 e. The normalized spacial score (nSPS) is 20.1. The molecule has 21 heavy (non-hydrogen) atoms. The quantitative estimate of drug-likeness (QED) is 0.604. The Morgan fingerprint density at radius 1 is 1.52 bits per heavy atom. The summed E-state index contributed by atoms with van der Waals surface area (Å²) in [5.74, 6) is 2.65. The van der Waals surface area contributed by atoms with Gasteiger partial charge in [0, 0.05) is 25.0 Å². The van der Waals surface area contributed by atoms with Crippen LogP contribution in [-0.4, -0.2) is 41.8 Å². The standard InChI is InChI=1S/C17H30N2O2/c1-6-7-8-11-18-14(2)13-15-10-9-12-19(15)16(20)21-17(3,4)5/h1,14-15,18H,7-13H2,2-5H3. The SMILES string of the molecule is C#CCCCNC(C)CC1CCCN1C(=O)OC(C)(C)C. The number of unbranched alkanes of at least 4 members (excludes halogenated alkanes) is 1. The molecule has 1 fully saturated rings. The van der Waals surface area contributed by atoms with Gasteiger partial charge in [0.1, 0.15) is 5.60 Å². The summed E-state index contributed by atoms with van der Waals surface area (Å²) in [7, 11) is 0. The summed E-state index contributed by atoms with van der Waals surface area (Å²) in [4.78, 5) is 14.1. The summed E-state index contributed by atoms with van der Waals surface area (Å²) >= 11 is 0. The van der Waals surface area contributed by atoms with Crippen molar-refractivity contribution in [3.63, 3.8) is 0 Å². The highest BCUT2D eigenvalue weighted by atomic mass is 16.6. The van der Waals surface area contributed by atoms with Crippen molar-refractivity contribution in [2.45, 2.75) is 77.5 Å². The lowest BCUT2D eigenvalue weighted by Gasteiger charge is -2.30. The number of amides is 1. The van der Waals surface area contributed by atoms with E-state index in [4.69, 9.17) is 11.2 Å². The number of rotatable bonds is 6. The zero-order valence-electron chi connectivity index (χ0n) is 13.9. The summed E-state index contributed by atoms with van der Waals surface area (Å²) < 4.78 is 5.49. The number of hydrogen-bond acceptors (Lipinski definition) is 3. The lowest BCUT2D eigenvalue weighted by atomic mass is 10.1. The molecule has 2 atom stereocenters. The molecule has 0 radical (unpaired) electrons. The van der Waals surface area contributed by atoms with Crippen molar-refractivity contribution in [3.05, 3.63) is 0 Å². The van der Waals surface area contributed by atoms with E-state index in [9.17, 15) is 4.79 Å². The van der Waals surface area contributed by atoms with Crippen LogP contribution < -0.4 is 5.32 Å². The molecule has 0 aliphatic carbocycles. The van der Waals surface area contributed by atoms with Crippen molar-refractivity contribution in [1.29, 1.82) is 0 Å². The van der Waals surface area contributed by atoms with Gasteiger partial charge in [-0.3, -0.25) is 0 Å². The van der Waals surface area contributed by atoms with Gasteiger partial charge in [-0.2, -0.15) is 0 Å². The van der Waals surface area contributed by atoms with Gasteiger partial charge in [-0.05, 0) is 59.9 Å². The largest absolute Gasteiger partial charge is 0.444 e. The molecule has 0 aromatic carbocycles. The first-order valence-electron chi connectivity index (χ1n) is 8.00. The second-order valence-corrected chi connectivity index (χ2v) is 6.87. The van der Waals surface area contributed by atoms with Gasteiger partial charge in [0.2, 0.25) is 0 Å². The highest BCUT2D eigenvalue weighted by molar-refractivity contribution is 5.68. The second-order valence-electron chi connectivity index (χ2n) is 6.87. The molecule has 120 valence electrons. The number of nitrogens with one attached hydrogen (secondary N) is 1. The van der Waals surface area contributed by atoms with Crippen LogP contribution in [-0.2, 0) is 4.74 Å². The highest BCUT2D eigenvalue weighted by Crippen LogP contribution is 2.24. The average Bonchev–Trinajstić information content (AvgIpc) is 2.81. The molecule has 4 nitrogen and oxygen atoms in total. The first-order valence-corrected chi connectivity index (χ1v) is 8.00. The monoisotopic (exact) mass is 294 g/mol. The van der Waals surface area contributed by atoms with Crippen molar-refractivity contribution < 1.29 is 9.53 Å². The van der Waals surface area contributed by atoms with Crippen LogP contribution in [0.15, 0.2) is 0 Å². The third-order valence-electron chi connectivity index (χ3n) is 3.62. The Morgan fingerprint density at radius 2 is 2.24 bits per heavy atom. The summed E-state index contributed by atoms with van der Waals surface area (Å²) in [5.41, 5.74) is -0.427. The maximum atomic E-state index is 12.2. The number of carbonyl (C=O) groups is 1. The Morgan fingerprint density at radius 3 is 2.86 bits per heavy atom. The fourth-order valence-electron chi connectivity index (χ4n) is 2.67. The Labute approximate surface area is 129 Å². The Kier molecular flexibility index (Phi) is 7.04. The molecular formula is C17H30N2O2. The van der Waals surface area contributed by atoms with E-state index in [-0.39, 0.29) is 12.1 Å². The van der Waals surface area contributed by atoms with Crippen LogP contribution in [0.2, 0.25) is 0 Å². The van der Waals surface area contributed by atoms with Gasteiger partial charge in [0.05, 0.1) is 0 Å². The van der Waals surface area contributed by atoms with E-state index in [1.54, 1.807) is 0 Å². The maximum absolute atomic E-state index is 12.2. The second kappa shape index (κ2) is 8.29. The number of hydrogen-bond donors (Lipinski definition) is 1. The molecule has 2 unspecified atom stereocenters. The van der Waals surface area contributed by atoms with Crippen LogP contribution >= 0.6 is 0 Å². The van der Waals surface area contributed by atoms with E-state index < -0.39 is 5.60 Å². The smallest absolute Gasteiger partial charge is 0.410 e. The van der Waals surface area contributed by atoms with Crippen molar-refractivity contribution >= 4 is 6.09 Å². The third kappa shape index (κ3) is 6.86. The van der Waals surface area contributed by atoms with Crippen LogP contribution in [0.1, 0.15) is 59.8 Å². The number of nitrogens with zero attached hydrogens (tertiary/aromatic N) is 1. The minimum absolute atomic E-state index is 0.176. The van der Waals surface area contributed by atoms with Gasteiger partial charge in [0.15, 0.2) is 0 Å². The topological polar surface area (TPSA) is 41.6 Å². The third-order valence-corrected chi connectivity index (χ3v) is 3.62. The average molecular weight is 294 g/mol. The lowest BCUT2D eigenvalue weighted by Crippen LogP contribution is -2.42. The minimum atomic E-state index is -0.427. The molecule has 1 aliphatic heterocycles. The molecule has 1 rings (SSSR count). The number of ether oxygens (including phenoxy) is 1. The van der Waals surface area contributed by atoms with E-state index >= 15 is 0 Å². The van der Waals surface area contributed by atoms with E-state index in [0.29, 0.717) is 6.04 Å². The zero-order valence-corrected chi connectivity index (χ0v) is 13.9. The Bertz CT molecular complexity index is 368. The first-order chi connectivity index (χ1) is 9.83. The molecule has 0 bridgehead atoms. The molecule has 4 heteroatoms. The van der Waals surface area contributed by atoms with E-state index in [0.717, 1.165) is 45.2 Å². The van der Waals surface area contributed by atoms with Gasteiger partial charge in [-0.15, -0.1) is 12.3 Å². The Balaban J connectivity index is 2.39. The highest BCUT2D eigenvalue weighted by Gasteiger charge is 2.32. The molecule has 0 aromatic heterocycles. The van der Waals surface area contributed by atoms with Gasteiger partial charge in [0.25, 0.3) is 0 Å². The predicted molar refractivity (Wildman–Crippen MR) is 86.1 cm³/mol. The fourth-order valence-corrected chi connectivity index (χ4v) is 2.67. The van der Waals surface area contributed by atoms with Crippen LogP contribution in [0.25, 0.3) is 0 Å². The summed E-state index contributed by atoms with van der Waals surface area (Å²) in [5, 5.41) is 3.48. The number of carbonyl (C=O) groups excluding carboxylic acids is 1. The molecule has 1 aliphatic rings. The van der Waals surface area contributed by atoms with Crippen molar-refractivity contribution in [1.82, 2.24) is 10.2 Å². The molecular weight excluding hydrogens is 264 g/mol. The molecule has 1 amide bonds. The molecule has 0 saturated carbocycles.